The third-order valence-electron chi connectivity index (χ3n) is 2.81. The molecule has 0 aromatic carbocycles. The van der Waals surface area contributed by atoms with Gasteiger partial charge in [0.15, 0.2) is 0 Å². The van der Waals surface area contributed by atoms with Gasteiger partial charge in [-0.2, -0.15) is 0 Å². The van der Waals surface area contributed by atoms with E-state index in [9.17, 15) is 5.11 Å². The van der Waals surface area contributed by atoms with Gasteiger partial charge in [0, 0.05) is 22.3 Å². The van der Waals surface area contributed by atoms with Crippen molar-refractivity contribution < 1.29 is 5.11 Å². The molecule has 1 aromatic rings. The standard InChI is InChI=1S/C11H17NOS/c1-8-5-6-9(14-8)7-12-10-3-2-4-11(10)13/h5-6,10-13H,2-4,7H2,1H3/t10-,11-/m0/s1. The van der Waals surface area contributed by atoms with Gasteiger partial charge in [0.25, 0.3) is 0 Å². The van der Waals surface area contributed by atoms with Crippen LogP contribution in [-0.4, -0.2) is 17.3 Å². The second-order valence-corrected chi connectivity index (χ2v) is 5.37. The maximum Gasteiger partial charge on any atom is 0.0693 e. The minimum Gasteiger partial charge on any atom is -0.392 e. The number of rotatable bonds is 3. The van der Waals surface area contributed by atoms with Crippen LogP contribution < -0.4 is 5.32 Å². The lowest BCUT2D eigenvalue weighted by atomic mass is 10.2. The predicted octanol–water partition coefficient (Wildman–Crippen LogP) is 2.06. The molecule has 14 heavy (non-hydrogen) atoms. The topological polar surface area (TPSA) is 32.3 Å². The first-order valence-corrected chi connectivity index (χ1v) is 6.04. The quantitative estimate of drug-likeness (QED) is 0.802. The molecule has 2 nitrogen and oxygen atoms in total. The summed E-state index contributed by atoms with van der Waals surface area (Å²) in [5.74, 6) is 0. The third-order valence-corrected chi connectivity index (χ3v) is 3.81. The maximum atomic E-state index is 9.61. The molecule has 0 saturated heterocycles. The first-order chi connectivity index (χ1) is 6.75. The van der Waals surface area contributed by atoms with E-state index in [0.29, 0.717) is 6.04 Å². The fourth-order valence-corrected chi connectivity index (χ4v) is 2.83. The Hall–Kier alpha value is -0.380. The summed E-state index contributed by atoms with van der Waals surface area (Å²) in [5.41, 5.74) is 0. The minimum absolute atomic E-state index is 0.129. The molecule has 0 bridgehead atoms. The minimum atomic E-state index is -0.129. The molecule has 1 aromatic heterocycles. The van der Waals surface area contributed by atoms with Gasteiger partial charge in [0.1, 0.15) is 0 Å². The van der Waals surface area contributed by atoms with Crippen LogP contribution in [0.1, 0.15) is 29.0 Å². The largest absolute Gasteiger partial charge is 0.392 e. The van der Waals surface area contributed by atoms with Crippen molar-refractivity contribution in [2.45, 2.75) is 44.9 Å². The zero-order valence-electron chi connectivity index (χ0n) is 8.49. The van der Waals surface area contributed by atoms with Crippen molar-refractivity contribution in [2.24, 2.45) is 0 Å². The van der Waals surface area contributed by atoms with E-state index in [1.165, 1.54) is 9.75 Å². The average Bonchev–Trinajstić information content (AvgIpc) is 2.72. The van der Waals surface area contributed by atoms with Crippen molar-refractivity contribution in [1.82, 2.24) is 5.32 Å². The van der Waals surface area contributed by atoms with Gasteiger partial charge in [0.2, 0.25) is 0 Å². The van der Waals surface area contributed by atoms with E-state index >= 15 is 0 Å². The SMILES string of the molecule is Cc1ccc(CN[C@H]2CCC[C@@H]2O)s1. The normalized spacial score (nSPS) is 27.0. The van der Waals surface area contributed by atoms with Crippen molar-refractivity contribution in [3.63, 3.8) is 0 Å². The summed E-state index contributed by atoms with van der Waals surface area (Å²) in [6, 6.07) is 4.62. The first-order valence-electron chi connectivity index (χ1n) is 5.22. The van der Waals surface area contributed by atoms with Crippen molar-refractivity contribution in [1.29, 1.82) is 0 Å². The Balaban J connectivity index is 1.82. The second kappa shape index (κ2) is 4.43. The summed E-state index contributed by atoms with van der Waals surface area (Å²) >= 11 is 1.83. The highest BCUT2D eigenvalue weighted by atomic mass is 32.1. The molecule has 1 saturated carbocycles. The number of thiophene rings is 1. The molecule has 0 spiro atoms. The number of nitrogens with one attached hydrogen (secondary N) is 1. The van der Waals surface area contributed by atoms with E-state index in [4.69, 9.17) is 0 Å². The van der Waals surface area contributed by atoms with E-state index in [0.717, 1.165) is 25.8 Å². The molecule has 2 N–H and O–H groups in total. The molecule has 0 radical (unpaired) electrons. The second-order valence-electron chi connectivity index (χ2n) is 4.00. The first kappa shape index (κ1) is 10.1. The lowest BCUT2D eigenvalue weighted by Gasteiger charge is -2.15. The average molecular weight is 211 g/mol. The van der Waals surface area contributed by atoms with Crippen LogP contribution in [0.15, 0.2) is 12.1 Å². The Labute approximate surface area is 89.0 Å². The molecule has 1 fully saturated rings. The number of aliphatic hydroxyl groups is 1. The van der Waals surface area contributed by atoms with Gasteiger partial charge >= 0.3 is 0 Å². The number of aliphatic hydroxyl groups excluding tert-OH is 1. The number of hydrogen-bond acceptors (Lipinski definition) is 3. The van der Waals surface area contributed by atoms with Gasteiger partial charge in [-0.15, -0.1) is 11.3 Å². The van der Waals surface area contributed by atoms with Gasteiger partial charge in [-0.25, -0.2) is 0 Å². The predicted molar refractivity (Wildman–Crippen MR) is 59.5 cm³/mol. The van der Waals surface area contributed by atoms with Crippen molar-refractivity contribution in [3.05, 3.63) is 21.9 Å². The monoisotopic (exact) mass is 211 g/mol. The van der Waals surface area contributed by atoms with E-state index in [2.05, 4.69) is 24.4 Å². The van der Waals surface area contributed by atoms with Crippen LogP contribution in [0.5, 0.6) is 0 Å². The van der Waals surface area contributed by atoms with Gasteiger partial charge in [-0.1, -0.05) is 0 Å². The molecule has 78 valence electrons. The van der Waals surface area contributed by atoms with Crippen LogP contribution in [0.25, 0.3) is 0 Å². The van der Waals surface area contributed by atoms with E-state index in [-0.39, 0.29) is 6.10 Å². The third kappa shape index (κ3) is 2.35. The fourth-order valence-electron chi connectivity index (χ4n) is 1.99. The highest BCUT2D eigenvalue weighted by molar-refractivity contribution is 7.11. The molecule has 0 amide bonds. The summed E-state index contributed by atoms with van der Waals surface area (Å²) in [6.45, 7) is 3.03. The van der Waals surface area contributed by atoms with E-state index in [1.807, 2.05) is 11.3 Å². The molecule has 0 aliphatic heterocycles. The van der Waals surface area contributed by atoms with Crippen LogP contribution in [0.2, 0.25) is 0 Å². The fraction of sp³-hybridized carbons (Fsp3) is 0.636. The summed E-state index contributed by atoms with van der Waals surface area (Å²) in [7, 11) is 0. The molecule has 2 rings (SSSR count). The molecule has 1 aliphatic carbocycles. The molecule has 3 heteroatoms. The summed E-state index contributed by atoms with van der Waals surface area (Å²) in [5, 5.41) is 13.0. The highest BCUT2D eigenvalue weighted by Gasteiger charge is 2.24. The van der Waals surface area contributed by atoms with Crippen LogP contribution in [-0.2, 0) is 6.54 Å². The molecular weight excluding hydrogens is 194 g/mol. The molecule has 1 aliphatic rings. The van der Waals surface area contributed by atoms with E-state index < -0.39 is 0 Å². The van der Waals surface area contributed by atoms with Crippen LogP contribution >= 0.6 is 11.3 Å². The highest BCUT2D eigenvalue weighted by Crippen LogP contribution is 2.20. The molecule has 1 heterocycles. The number of hydrogen-bond donors (Lipinski definition) is 2. The molecular formula is C11H17NOS. The lowest BCUT2D eigenvalue weighted by molar-refractivity contribution is 0.149. The van der Waals surface area contributed by atoms with E-state index in [1.54, 1.807) is 0 Å². The summed E-state index contributed by atoms with van der Waals surface area (Å²) in [6.07, 6.45) is 3.10. The van der Waals surface area contributed by atoms with Crippen molar-refractivity contribution >= 4 is 11.3 Å². The smallest absolute Gasteiger partial charge is 0.0693 e. The van der Waals surface area contributed by atoms with Crippen LogP contribution in [0.4, 0.5) is 0 Å². The van der Waals surface area contributed by atoms with Gasteiger partial charge < -0.3 is 10.4 Å². The van der Waals surface area contributed by atoms with Crippen molar-refractivity contribution in [2.75, 3.05) is 0 Å². The van der Waals surface area contributed by atoms with Crippen molar-refractivity contribution in [3.8, 4) is 0 Å². The Kier molecular flexibility index (Phi) is 3.21. The zero-order chi connectivity index (χ0) is 9.97. The number of aryl methyl sites for hydroxylation is 1. The Morgan fingerprint density at radius 3 is 2.93 bits per heavy atom. The Bertz CT molecular complexity index is 297. The van der Waals surface area contributed by atoms with Gasteiger partial charge in [-0.05, 0) is 38.3 Å². The van der Waals surface area contributed by atoms with Gasteiger partial charge in [-0.3, -0.25) is 0 Å². The summed E-state index contributed by atoms with van der Waals surface area (Å²) in [4.78, 5) is 2.72. The maximum absolute atomic E-state index is 9.61. The summed E-state index contributed by atoms with van der Waals surface area (Å²) < 4.78 is 0. The Morgan fingerprint density at radius 2 is 2.36 bits per heavy atom. The molecule has 0 unspecified atom stereocenters. The Morgan fingerprint density at radius 1 is 1.50 bits per heavy atom. The zero-order valence-corrected chi connectivity index (χ0v) is 9.31. The molecule has 2 atom stereocenters. The van der Waals surface area contributed by atoms with Crippen LogP contribution in [0.3, 0.4) is 0 Å². The van der Waals surface area contributed by atoms with Crippen LogP contribution in [0, 0.1) is 6.92 Å². The van der Waals surface area contributed by atoms with Gasteiger partial charge in [0.05, 0.1) is 6.10 Å². The lowest BCUT2D eigenvalue weighted by Crippen LogP contribution is -2.34.